The van der Waals surface area contributed by atoms with Gasteiger partial charge in [-0.3, -0.25) is 4.79 Å². The minimum Gasteiger partial charge on any atom is -0.457 e. The Balaban J connectivity index is 2.20. The molecule has 0 aromatic heterocycles. The highest BCUT2D eigenvalue weighted by molar-refractivity contribution is 5.93. The van der Waals surface area contributed by atoms with Crippen LogP contribution in [0.4, 0.5) is 13.2 Å². The Morgan fingerprint density at radius 3 is 2.19 bits per heavy atom. The van der Waals surface area contributed by atoms with Gasteiger partial charge >= 0.3 is 6.18 Å². The van der Waals surface area contributed by atoms with Gasteiger partial charge in [-0.15, -0.1) is 0 Å². The molecular weight excluding hydrogens is 283 g/mol. The molecule has 0 spiro atoms. The largest absolute Gasteiger partial charge is 0.457 e. The van der Waals surface area contributed by atoms with Gasteiger partial charge in [-0.05, 0) is 55.0 Å². The molecule has 0 saturated heterocycles. The van der Waals surface area contributed by atoms with E-state index in [9.17, 15) is 18.0 Å². The lowest BCUT2D eigenvalue weighted by Gasteiger charge is -2.11. The third-order valence-corrected chi connectivity index (χ3v) is 2.87. The zero-order valence-electron chi connectivity index (χ0n) is 11.1. The maximum absolute atomic E-state index is 12.4. The Hall–Kier alpha value is -2.50. The molecule has 0 radical (unpaired) electrons. The second-order valence-corrected chi connectivity index (χ2v) is 4.47. The molecule has 0 aliphatic heterocycles. The molecule has 0 aliphatic rings. The molecule has 2 N–H and O–H groups in total. The molecule has 0 heterocycles. The summed E-state index contributed by atoms with van der Waals surface area (Å²) in [6.07, 6.45) is -4.38. The van der Waals surface area contributed by atoms with Gasteiger partial charge < -0.3 is 10.5 Å². The average Bonchev–Trinajstić information content (AvgIpc) is 2.40. The Morgan fingerprint density at radius 2 is 1.71 bits per heavy atom. The van der Waals surface area contributed by atoms with Crippen molar-refractivity contribution in [2.75, 3.05) is 0 Å². The van der Waals surface area contributed by atoms with Crippen LogP contribution in [0.1, 0.15) is 21.5 Å². The minimum absolute atomic E-state index is 0.276. The van der Waals surface area contributed by atoms with Gasteiger partial charge in [0.05, 0.1) is 5.56 Å². The summed E-state index contributed by atoms with van der Waals surface area (Å²) < 4.78 is 42.8. The van der Waals surface area contributed by atoms with E-state index in [4.69, 9.17) is 10.5 Å². The first-order chi connectivity index (χ1) is 9.77. The predicted octanol–water partition coefficient (Wildman–Crippen LogP) is 3.91. The maximum Gasteiger partial charge on any atom is 0.416 e. The lowest BCUT2D eigenvalue weighted by Crippen LogP contribution is -2.10. The quantitative estimate of drug-likeness (QED) is 0.933. The first-order valence-electron chi connectivity index (χ1n) is 6.03. The van der Waals surface area contributed by atoms with Crippen molar-refractivity contribution in [3.05, 3.63) is 59.2 Å². The minimum atomic E-state index is -4.38. The smallest absolute Gasteiger partial charge is 0.416 e. The van der Waals surface area contributed by atoms with E-state index in [0.717, 1.165) is 12.1 Å². The van der Waals surface area contributed by atoms with E-state index in [-0.39, 0.29) is 5.75 Å². The van der Waals surface area contributed by atoms with Crippen molar-refractivity contribution in [1.82, 2.24) is 0 Å². The molecule has 3 nitrogen and oxygen atoms in total. The van der Waals surface area contributed by atoms with Gasteiger partial charge in [0, 0.05) is 5.56 Å². The molecule has 0 aliphatic carbocycles. The fourth-order valence-corrected chi connectivity index (χ4v) is 1.76. The van der Waals surface area contributed by atoms with Gasteiger partial charge in [-0.2, -0.15) is 13.2 Å². The normalized spacial score (nSPS) is 11.2. The van der Waals surface area contributed by atoms with Crippen LogP contribution in [-0.2, 0) is 6.18 Å². The van der Waals surface area contributed by atoms with Gasteiger partial charge in [0.1, 0.15) is 11.5 Å². The van der Waals surface area contributed by atoms with E-state index in [1.165, 1.54) is 18.2 Å². The van der Waals surface area contributed by atoms with Crippen LogP contribution in [0.3, 0.4) is 0 Å². The maximum atomic E-state index is 12.4. The highest BCUT2D eigenvalue weighted by Gasteiger charge is 2.30. The number of hydrogen-bond donors (Lipinski definition) is 1. The first kappa shape index (κ1) is 14.9. The molecule has 2 rings (SSSR count). The van der Waals surface area contributed by atoms with E-state index in [1.54, 1.807) is 19.1 Å². The molecule has 6 heteroatoms. The van der Waals surface area contributed by atoms with E-state index < -0.39 is 17.6 Å². The van der Waals surface area contributed by atoms with Crippen LogP contribution in [-0.4, -0.2) is 5.91 Å². The average molecular weight is 295 g/mol. The van der Waals surface area contributed by atoms with Crippen molar-refractivity contribution in [1.29, 1.82) is 0 Å². The lowest BCUT2D eigenvalue weighted by atomic mass is 10.1. The third kappa shape index (κ3) is 3.53. The van der Waals surface area contributed by atoms with Gasteiger partial charge in [-0.1, -0.05) is 0 Å². The van der Waals surface area contributed by atoms with Crippen LogP contribution in [0.2, 0.25) is 0 Å². The van der Waals surface area contributed by atoms with Crippen LogP contribution in [0.15, 0.2) is 42.5 Å². The van der Waals surface area contributed by atoms with E-state index in [2.05, 4.69) is 0 Å². The van der Waals surface area contributed by atoms with Crippen LogP contribution in [0.5, 0.6) is 11.5 Å². The van der Waals surface area contributed by atoms with Crippen molar-refractivity contribution in [2.24, 2.45) is 5.73 Å². The van der Waals surface area contributed by atoms with Crippen LogP contribution < -0.4 is 10.5 Å². The summed E-state index contributed by atoms with van der Waals surface area (Å²) in [4.78, 5) is 11.0. The molecule has 0 atom stereocenters. The molecule has 0 unspecified atom stereocenters. The van der Waals surface area contributed by atoms with Crippen LogP contribution in [0, 0.1) is 6.92 Å². The number of nitrogens with two attached hydrogens (primary N) is 1. The first-order valence-corrected chi connectivity index (χ1v) is 6.03. The number of amides is 1. The fraction of sp³-hybridized carbons (Fsp3) is 0.133. The Morgan fingerprint density at radius 1 is 1.10 bits per heavy atom. The Bertz CT molecular complexity index is 664. The van der Waals surface area contributed by atoms with Crippen LogP contribution >= 0.6 is 0 Å². The molecule has 1 amide bonds. The van der Waals surface area contributed by atoms with Crippen molar-refractivity contribution in [2.45, 2.75) is 13.1 Å². The second-order valence-electron chi connectivity index (χ2n) is 4.47. The summed E-state index contributed by atoms with van der Waals surface area (Å²) in [5, 5.41) is 0. The zero-order chi connectivity index (χ0) is 15.6. The summed E-state index contributed by atoms with van der Waals surface area (Å²) >= 11 is 0. The molecule has 2 aromatic rings. The molecule has 0 fully saturated rings. The molecule has 21 heavy (non-hydrogen) atoms. The monoisotopic (exact) mass is 295 g/mol. The summed E-state index contributed by atoms with van der Waals surface area (Å²) in [5.74, 6) is 0.164. The molecule has 0 saturated carbocycles. The highest BCUT2D eigenvalue weighted by atomic mass is 19.4. The molecule has 2 aromatic carbocycles. The van der Waals surface area contributed by atoms with E-state index in [0.29, 0.717) is 16.9 Å². The summed E-state index contributed by atoms with van der Waals surface area (Å²) in [7, 11) is 0. The van der Waals surface area contributed by atoms with Gasteiger partial charge in [-0.25, -0.2) is 0 Å². The standard InChI is InChI=1S/C15H12F3NO2/c1-9-8-10(14(19)20)2-7-13(9)21-12-5-3-11(4-6-12)15(16,17)18/h2-8H,1H3,(H2,19,20). The van der Waals surface area contributed by atoms with Gasteiger partial charge in [0.2, 0.25) is 5.91 Å². The number of ether oxygens (including phenoxy) is 1. The Kier molecular flexibility index (Phi) is 3.88. The topological polar surface area (TPSA) is 52.3 Å². The number of aryl methyl sites for hydroxylation is 1. The number of halogens is 3. The third-order valence-electron chi connectivity index (χ3n) is 2.87. The molecule has 110 valence electrons. The Labute approximate surface area is 119 Å². The lowest BCUT2D eigenvalue weighted by molar-refractivity contribution is -0.137. The van der Waals surface area contributed by atoms with E-state index in [1.807, 2.05) is 0 Å². The SMILES string of the molecule is Cc1cc(C(N)=O)ccc1Oc1ccc(C(F)(F)F)cc1. The highest BCUT2D eigenvalue weighted by Crippen LogP contribution is 2.32. The number of alkyl halides is 3. The second kappa shape index (κ2) is 5.47. The zero-order valence-corrected chi connectivity index (χ0v) is 11.1. The summed E-state index contributed by atoms with van der Waals surface area (Å²) in [6, 6.07) is 8.98. The predicted molar refractivity (Wildman–Crippen MR) is 71.2 cm³/mol. The molecular formula is C15H12F3NO2. The number of rotatable bonds is 3. The van der Waals surface area contributed by atoms with E-state index >= 15 is 0 Å². The van der Waals surface area contributed by atoms with Crippen molar-refractivity contribution in [3.63, 3.8) is 0 Å². The number of primary amides is 1. The summed E-state index contributed by atoms with van der Waals surface area (Å²) in [6.45, 7) is 1.71. The fourth-order valence-electron chi connectivity index (χ4n) is 1.76. The van der Waals surface area contributed by atoms with Crippen molar-refractivity contribution < 1.29 is 22.7 Å². The van der Waals surface area contributed by atoms with Gasteiger partial charge in [0.25, 0.3) is 0 Å². The summed E-state index contributed by atoms with van der Waals surface area (Å²) in [5.41, 5.74) is 5.41. The number of carbonyl (C=O) groups excluding carboxylic acids is 1. The van der Waals surface area contributed by atoms with Gasteiger partial charge in [0.15, 0.2) is 0 Å². The van der Waals surface area contributed by atoms with Crippen LogP contribution in [0.25, 0.3) is 0 Å². The van der Waals surface area contributed by atoms with Crippen molar-refractivity contribution >= 4 is 5.91 Å². The number of carbonyl (C=O) groups is 1. The molecule has 0 bridgehead atoms. The van der Waals surface area contributed by atoms with Crippen molar-refractivity contribution in [3.8, 4) is 11.5 Å². The number of hydrogen-bond acceptors (Lipinski definition) is 2. The number of benzene rings is 2.